The third-order valence-electron chi connectivity index (χ3n) is 4.75. The summed E-state index contributed by atoms with van der Waals surface area (Å²) in [5.41, 5.74) is 0.809. The highest BCUT2D eigenvalue weighted by Crippen LogP contribution is 2.42. The van der Waals surface area contributed by atoms with E-state index < -0.39 is 22.9 Å². The maximum absolute atomic E-state index is 13.1. The zero-order valence-corrected chi connectivity index (χ0v) is 16.8. The molecule has 1 fully saturated rings. The maximum Gasteiger partial charge on any atom is 0.441 e. The molecule has 1 aromatic rings. The Morgan fingerprint density at radius 2 is 1.96 bits per heavy atom. The Kier molecular flexibility index (Phi) is 5.05. The first-order chi connectivity index (χ1) is 12.4. The van der Waals surface area contributed by atoms with Crippen LogP contribution in [0.25, 0.3) is 0 Å². The highest BCUT2D eigenvalue weighted by Gasteiger charge is 2.49. The number of thiophene rings is 1. The van der Waals surface area contributed by atoms with E-state index in [4.69, 9.17) is 4.74 Å². The third kappa shape index (κ3) is 4.45. The Labute approximate surface area is 161 Å². The first-order valence-electron chi connectivity index (χ1n) is 8.97. The van der Waals surface area contributed by atoms with Crippen LogP contribution in [0, 0.1) is 5.92 Å². The van der Waals surface area contributed by atoms with Gasteiger partial charge in [-0.2, -0.15) is 17.8 Å². The van der Waals surface area contributed by atoms with Crippen molar-refractivity contribution in [1.29, 1.82) is 0 Å². The van der Waals surface area contributed by atoms with Crippen LogP contribution in [0.5, 0.6) is 0 Å². The van der Waals surface area contributed by atoms with Crippen molar-refractivity contribution in [1.82, 2.24) is 9.49 Å². The molecular weight excluding hydrogens is 379 g/mol. The number of carbonyl (C=O) groups excluding carboxylic acids is 1. The minimum Gasteiger partial charge on any atom is -0.444 e. The van der Waals surface area contributed by atoms with E-state index in [9.17, 15) is 18.0 Å². The molecule has 0 N–H and O–H groups in total. The van der Waals surface area contributed by atoms with Crippen molar-refractivity contribution in [2.75, 3.05) is 26.7 Å². The highest BCUT2D eigenvalue weighted by atomic mass is 32.1. The summed E-state index contributed by atoms with van der Waals surface area (Å²) in [5.74, 6) is 0.0503. The Bertz CT molecular complexity index is 746. The average Bonchev–Trinajstić information content (AvgIpc) is 3.08. The number of rotatable bonds is 2. The molecule has 1 unspecified atom stereocenters. The number of nitrogens with zero attached hydrogens (tertiary/aromatic N) is 3. The number of halogens is 3. The summed E-state index contributed by atoms with van der Waals surface area (Å²) in [7, 11) is 1.50. The number of amides is 1. The van der Waals surface area contributed by atoms with E-state index in [0.29, 0.717) is 31.6 Å². The van der Waals surface area contributed by atoms with Crippen molar-refractivity contribution in [3.63, 3.8) is 0 Å². The zero-order chi connectivity index (χ0) is 20.0. The van der Waals surface area contributed by atoms with E-state index in [-0.39, 0.29) is 12.0 Å². The van der Waals surface area contributed by atoms with E-state index in [2.05, 4.69) is 5.10 Å². The Morgan fingerprint density at radius 3 is 2.52 bits per heavy atom. The predicted molar refractivity (Wildman–Crippen MR) is 100 cm³/mol. The van der Waals surface area contributed by atoms with Gasteiger partial charge < -0.3 is 9.64 Å². The second kappa shape index (κ2) is 6.77. The molecule has 3 heterocycles. The molecule has 1 aromatic heterocycles. The molecule has 1 amide bonds. The normalized spacial score (nSPS) is 24.0. The number of carbonyl (C=O) groups is 1. The Morgan fingerprint density at radius 1 is 1.33 bits per heavy atom. The van der Waals surface area contributed by atoms with Gasteiger partial charge in [-0.1, -0.05) is 5.10 Å². The molecule has 0 aliphatic carbocycles. The molecule has 27 heavy (non-hydrogen) atoms. The number of piperidine rings is 1. The van der Waals surface area contributed by atoms with Crippen LogP contribution in [0.2, 0.25) is 0 Å². The first-order valence-corrected chi connectivity index (χ1v) is 9.85. The second-order valence-electron chi connectivity index (χ2n) is 8.27. The van der Waals surface area contributed by atoms with E-state index in [1.54, 1.807) is 11.0 Å². The fraction of sp³-hybridized carbons (Fsp3) is 0.667. The fourth-order valence-corrected chi connectivity index (χ4v) is 4.66. The number of ether oxygens (including phenoxy) is 1. The molecule has 0 saturated carbocycles. The molecule has 0 bridgehead atoms. The van der Waals surface area contributed by atoms with E-state index in [1.807, 2.05) is 26.2 Å². The van der Waals surface area contributed by atoms with Crippen LogP contribution >= 0.6 is 11.3 Å². The van der Waals surface area contributed by atoms with Crippen LogP contribution in [-0.2, 0) is 4.74 Å². The number of fused-ring (bicyclic) bond motifs is 1. The SMILES string of the molecule is CC(C)(C)OC(=O)N1CCC(C2=N[N+](C)(CC(F)(F)F)c3ccsc32)CC1. The van der Waals surface area contributed by atoms with Gasteiger partial charge in [-0.3, -0.25) is 0 Å². The molecule has 5 nitrogen and oxygen atoms in total. The van der Waals surface area contributed by atoms with Crippen LogP contribution in [0.1, 0.15) is 38.5 Å². The van der Waals surface area contributed by atoms with Crippen molar-refractivity contribution < 1.29 is 22.7 Å². The van der Waals surface area contributed by atoms with Crippen LogP contribution in [0.3, 0.4) is 0 Å². The van der Waals surface area contributed by atoms with Crippen molar-refractivity contribution in [3.05, 3.63) is 16.3 Å². The van der Waals surface area contributed by atoms with Gasteiger partial charge in [-0.25, -0.2) is 4.79 Å². The smallest absolute Gasteiger partial charge is 0.441 e. The number of likely N-dealkylation sites (tertiary alicyclic amines) is 1. The van der Waals surface area contributed by atoms with Gasteiger partial charge in [0.2, 0.25) is 6.54 Å². The van der Waals surface area contributed by atoms with E-state index in [1.165, 1.54) is 18.4 Å². The summed E-state index contributed by atoms with van der Waals surface area (Å²) in [6.07, 6.45) is -3.31. The number of hydrogen-bond acceptors (Lipinski definition) is 4. The number of hydrogen-bond donors (Lipinski definition) is 0. The summed E-state index contributed by atoms with van der Waals surface area (Å²) >= 11 is 1.44. The maximum atomic E-state index is 13.1. The van der Waals surface area contributed by atoms with Crippen LogP contribution in [0.15, 0.2) is 16.5 Å². The summed E-state index contributed by atoms with van der Waals surface area (Å²) in [5, 5.41) is 6.32. The summed E-state index contributed by atoms with van der Waals surface area (Å²) in [6, 6.07) is 1.73. The predicted octanol–water partition coefficient (Wildman–Crippen LogP) is 4.61. The number of quaternary nitrogens is 1. The van der Waals surface area contributed by atoms with Crippen LogP contribution in [0.4, 0.5) is 23.7 Å². The van der Waals surface area contributed by atoms with Gasteiger partial charge in [0.1, 0.15) is 16.2 Å². The van der Waals surface area contributed by atoms with Crippen LogP contribution in [-0.4, -0.2) is 55.2 Å². The molecule has 0 aromatic carbocycles. The van der Waals surface area contributed by atoms with Crippen molar-refractivity contribution in [2.24, 2.45) is 11.0 Å². The lowest BCUT2D eigenvalue weighted by molar-refractivity contribution is -0.141. The molecule has 0 radical (unpaired) electrons. The zero-order valence-electron chi connectivity index (χ0n) is 16.0. The average molecular weight is 404 g/mol. The van der Waals surface area contributed by atoms with Gasteiger partial charge in [0.15, 0.2) is 5.69 Å². The lowest BCUT2D eigenvalue weighted by Crippen LogP contribution is -2.46. The van der Waals surface area contributed by atoms with Gasteiger partial charge in [-0.05, 0) is 39.0 Å². The van der Waals surface area contributed by atoms with Gasteiger partial charge in [0.25, 0.3) is 0 Å². The Hall–Kier alpha value is -1.61. The quantitative estimate of drug-likeness (QED) is 0.676. The molecule has 1 atom stereocenters. The molecule has 3 rings (SSSR count). The van der Waals surface area contributed by atoms with E-state index >= 15 is 0 Å². The Balaban J connectivity index is 1.72. The molecule has 2 aliphatic rings. The summed E-state index contributed by atoms with van der Waals surface area (Å²) in [4.78, 5) is 14.7. The van der Waals surface area contributed by atoms with Gasteiger partial charge in [0.05, 0.1) is 7.05 Å². The topological polar surface area (TPSA) is 41.9 Å². The van der Waals surface area contributed by atoms with Gasteiger partial charge >= 0.3 is 12.3 Å². The lowest BCUT2D eigenvalue weighted by atomic mass is 9.91. The first kappa shape index (κ1) is 20.1. The molecule has 1 saturated heterocycles. The van der Waals surface area contributed by atoms with Gasteiger partial charge in [0, 0.05) is 25.1 Å². The van der Waals surface area contributed by atoms with Crippen molar-refractivity contribution in [3.8, 4) is 0 Å². The molecular formula is C18H25F3N3O2S+. The highest BCUT2D eigenvalue weighted by molar-refractivity contribution is 7.13. The fourth-order valence-electron chi connectivity index (χ4n) is 3.61. The summed E-state index contributed by atoms with van der Waals surface area (Å²) < 4.78 is 44.1. The standard InChI is InChI=1S/C18H25F3N3O2S/c1-17(2,3)26-16(25)23-8-5-12(6-9-23)14-15-13(7-10-27-15)24(4,22-14)11-18(19,20)21/h7,10,12H,5-6,8-9,11H2,1-4H3/q+1. The summed E-state index contributed by atoms with van der Waals surface area (Å²) in [6.45, 7) is 5.48. The second-order valence-corrected chi connectivity index (χ2v) is 9.19. The largest absolute Gasteiger partial charge is 0.444 e. The van der Waals surface area contributed by atoms with E-state index in [0.717, 1.165) is 10.6 Å². The lowest BCUT2D eigenvalue weighted by Gasteiger charge is -2.33. The number of alkyl halides is 3. The van der Waals surface area contributed by atoms with Crippen LogP contribution < -0.4 is 4.59 Å². The molecule has 150 valence electrons. The minimum atomic E-state index is -4.30. The third-order valence-corrected chi connectivity index (χ3v) is 5.67. The molecule has 0 spiro atoms. The molecule has 2 aliphatic heterocycles. The minimum absolute atomic E-state index is 0.0503. The van der Waals surface area contributed by atoms with Crippen molar-refractivity contribution in [2.45, 2.75) is 45.4 Å². The van der Waals surface area contributed by atoms with Gasteiger partial charge in [-0.15, -0.1) is 11.3 Å². The monoisotopic (exact) mass is 404 g/mol. The molecule has 9 heteroatoms. The van der Waals surface area contributed by atoms with Crippen molar-refractivity contribution >= 4 is 28.8 Å².